The predicted molar refractivity (Wildman–Crippen MR) is 85.0 cm³/mol. The summed E-state index contributed by atoms with van der Waals surface area (Å²) in [4.78, 5) is 0. The van der Waals surface area contributed by atoms with Crippen LogP contribution in [-0.2, 0) is 11.2 Å². The molecule has 1 saturated heterocycles. The van der Waals surface area contributed by atoms with Gasteiger partial charge in [-0.3, -0.25) is 0 Å². The van der Waals surface area contributed by atoms with E-state index in [-0.39, 0.29) is 0 Å². The zero-order valence-corrected chi connectivity index (χ0v) is 13.2. The van der Waals surface area contributed by atoms with Gasteiger partial charge in [0, 0.05) is 6.61 Å². The van der Waals surface area contributed by atoms with Crippen LogP contribution >= 0.6 is 0 Å². The molecule has 2 heteroatoms. The topological polar surface area (TPSA) is 21.3 Å². The lowest BCUT2D eigenvalue weighted by molar-refractivity contribution is 0.0607. The number of hydrogen-bond donors (Lipinski definition) is 1. The van der Waals surface area contributed by atoms with Gasteiger partial charge in [0.1, 0.15) is 0 Å². The summed E-state index contributed by atoms with van der Waals surface area (Å²) in [7, 11) is 0. The lowest BCUT2D eigenvalue weighted by atomic mass is 9.91. The van der Waals surface area contributed by atoms with Crippen molar-refractivity contribution in [1.29, 1.82) is 0 Å². The third kappa shape index (κ3) is 3.83. The Balaban J connectivity index is 2.18. The number of ether oxygens (including phenoxy) is 1. The number of aryl methyl sites for hydroxylation is 1. The minimum atomic E-state index is 0.318. The SMILES string of the molecule is CCCNC(c1cccc(CCC)c1)C1OCCC1C. The second kappa shape index (κ2) is 7.80. The smallest absolute Gasteiger partial charge is 0.0795 e. The van der Waals surface area contributed by atoms with E-state index in [0.29, 0.717) is 18.1 Å². The summed E-state index contributed by atoms with van der Waals surface area (Å²) in [6, 6.07) is 9.39. The first kappa shape index (κ1) is 15.5. The minimum absolute atomic E-state index is 0.318. The van der Waals surface area contributed by atoms with Gasteiger partial charge in [-0.05, 0) is 42.9 Å². The molecular weight excluding hydrogens is 246 g/mol. The molecule has 2 nitrogen and oxygen atoms in total. The zero-order chi connectivity index (χ0) is 14.4. The summed E-state index contributed by atoms with van der Waals surface area (Å²) in [5.41, 5.74) is 2.84. The van der Waals surface area contributed by atoms with Crippen molar-refractivity contribution in [1.82, 2.24) is 5.32 Å². The molecule has 0 bridgehead atoms. The molecule has 0 spiro atoms. The zero-order valence-electron chi connectivity index (χ0n) is 13.2. The van der Waals surface area contributed by atoms with Crippen LogP contribution in [0.25, 0.3) is 0 Å². The molecule has 20 heavy (non-hydrogen) atoms. The third-order valence-corrected chi connectivity index (χ3v) is 4.24. The monoisotopic (exact) mass is 275 g/mol. The second-order valence-electron chi connectivity index (χ2n) is 6.03. The number of benzene rings is 1. The fourth-order valence-corrected chi connectivity index (χ4v) is 3.10. The summed E-state index contributed by atoms with van der Waals surface area (Å²) in [5, 5.41) is 3.70. The Kier molecular flexibility index (Phi) is 6.06. The highest BCUT2D eigenvalue weighted by Crippen LogP contribution is 2.31. The maximum absolute atomic E-state index is 6.02. The van der Waals surface area contributed by atoms with Crippen LogP contribution in [0.2, 0.25) is 0 Å². The first-order valence-electron chi connectivity index (χ1n) is 8.20. The van der Waals surface area contributed by atoms with Crippen molar-refractivity contribution in [2.45, 2.75) is 58.6 Å². The van der Waals surface area contributed by atoms with Gasteiger partial charge in [-0.15, -0.1) is 0 Å². The van der Waals surface area contributed by atoms with E-state index in [1.807, 2.05) is 0 Å². The van der Waals surface area contributed by atoms with Crippen molar-refractivity contribution >= 4 is 0 Å². The van der Waals surface area contributed by atoms with Crippen molar-refractivity contribution in [3.05, 3.63) is 35.4 Å². The third-order valence-electron chi connectivity index (χ3n) is 4.24. The van der Waals surface area contributed by atoms with Crippen molar-refractivity contribution in [3.8, 4) is 0 Å². The molecular formula is C18H29NO. The van der Waals surface area contributed by atoms with E-state index in [9.17, 15) is 0 Å². The fraction of sp³-hybridized carbons (Fsp3) is 0.667. The van der Waals surface area contributed by atoms with E-state index in [1.165, 1.54) is 24.0 Å². The first-order chi connectivity index (χ1) is 9.76. The van der Waals surface area contributed by atoms with E-state index in [4.69, 9.17) is 4.74 Å². The molecule has 0 aliphatic carbocycles. The summed E-state index contributed by atoms with van der Waals surface area (Å²) in [6.45, 7) is 8.73. The lowest BCUT2D eigenvalue weighted by Gasteiger charge is -2.28. The van der Waals surface area contributed by atoms with Gasteiger partial charge in [-0.25, -0.2) is 0 Å². The van der Waals surface area contributed by atoms with Gasteiger partial charge in [-0.1, -0.05) is 51.5 Å². The quantitative estimate of drug-likeness (QED) is 0.808. The normalized spacial score (nSPS) is 23.9. The average molecular weight is 275 g/mol. The highest BCUT2D eigenvalue weighted by atomic mass is 16.5. The summed E-state index contributed by atoms with van der Waals surface area (Å²) >= 11 is 0. The number of rotatable bonds is 7. The van der Waals surface area contributed by atoms with Crippen LogP contribution in [0.15, 0.2) is 24.3 Å². The largest absolute Gasteiger partial charge is 0.376 e. The van der Waals surface area contributed by atoms with Crippen LogP contribution in [0.1, 0.15) is 57.2 Å². The van der Waals surface area contributed by atoms with Gasteiger partial charge >= 0.3 is 0 Å². The van der Waals surface area contributed by atoms with Gasteiger partial charge < -0.3 is 10.1 Å². The molecule has 3 atom stereocenters. The molecule has 1 N–H and O–H groups in total. The summed E-state index contributed by atoms with van der Waals surface area (Å²) < 4.78 is 6.02. The first-order valence-corrected chi connectivity index (χ1v) is 8.20. The van der Waals surface area contributed by atoms with E-state index < -0.39 is 0 Å². The summed E-state index contributed by atoms with van der Waals surface area (Å²) in [5.74, 6) is 0.638. The van der Waals surface area contributed by atoms with Crippen molar-refractivity contribution in [2.75, 3.05) is 13.2 Å². The molecule has 0 saturated carbocycles. The van der Waals surface area contributed by atoms with Gasteiger partial charge in [0.25, 0.3) is 0 Å². The molecule has 1 aromatic carbocycles. The Morgan fingerprint density at radius 3 is 2.80 bits per heavy atom. The van der Waals surface area contributed by atoms with E-state index in [0.717, 1.165) is 26.0 Å². The highest BCUT2D eigenvalue weighted by molar-refractivity contribution is 5.27. The Labute approximate surface area is 123 Å². The van der Waals surface area contributed by atoms with Crippen LogP contribution in [0.4, 0.5) is 0 Å². The molecule has 112 valence electrons. The standard InChI is InChI=1S/C18H29NO/c1-4-7-15-8-6-9-16(13-15)17(19-11-5-2)18-14(3)10-12-20-18/h6,8-9,13-14,17-19H,4-5,7,10-12H2,1-3H3. The lowest BCUT2D eigenvalue weighted by Crippen LogP contribution is -2.35. The molecule has 1 aliphatic heterocycles. The van der Waals surface area contributed by atoms with Crippen molar-refractivity contribution < 1.29 is 4.74 Å². The van der Waals surface area contributed by atoms with E-state index >= 15 is 0 Å². The van der Waals surface area contributed by atoms with E-state index in [1.54, 1.807) is 0 Å². The second-order valence-corrected chi connectivity index (χ2v) is 6.03. The number of hydrogen-bond acceptors (Lipinski definition) is 2. The molecule has 1 aliphatic rings. The molecule has 1 heterocycles. The van der Waals surface area contributed by atoms with Crippen LogP contribution in [0, 0.1) is 5.92 Å². The Hall–Kier alpha value is -0.860. The van der Waals surface area contributed by atoms with Crippen LogP contribution < -0.4 is 5.32 Å². The Morgan fingerprint density at radius 1 is 1.30 bits per heavy atom. The minimum Gasteiger partial charge on any atom is -0.376 e. The Morgan fingerprint density at radius 2 is 2.15 bits per heavy atom. The molecule has 0 amide bonds. The predicted octanol–water partition coefficient (Wildman–Crippen LogP) is 4.10. The fourth-order valence-electron chi connectivity index (χ4n) is 3.10. The van der Waals surface area contributed by atoms with Crippen LogP contribution in [0.5, 0.6) is 0 Å². The maximum atomic E-state index is 6.02. The van der Waals surface area contributed by atoms with Crippen LogP contribution in [-0.4, -0.2) is 19.3 Å². The molecule has 0 aromatic heterocycles. The highest BCUT2D eigenvalue weighted by Gasteiger charge is 2.32. The number of nitrogens with one attached hydrogen (secondary N) is 1. The van der Waals surface area contributed by atoms with Crippen LogP contribution in [0.3, 0.4) is 0 Å². The molecule has 2 rings (SSSR count). The van der Waals surface area contributed by atoms with Crippen molar-refractivity contribution in [3.63, 3.8) is 0 Å². The molecule has 0 radical (unpaired) electrons. The van der Waals surface area contributed by atoms with Gasteiger partial charge in [0.05, 0.1) is 12.1 Å². The summed E-state index contributed by atoms with van der Waals surface area (Å²) in [6.07, 6.45) is 5.02. The average Bonchev–Trinajstić information content (AvgIpc) is 2.87. The molecule has 3 unspecified atom stereocenters. The van der Waals surface area contributed by atoms with E-state index in [2.05, 4.69) is 50.4 Å². The van der Waals surface area contributed by atoms with Gasteiger partial charge in [-0.2, -0.15) is 0 Å². The Bertz CT molecular complexity index is 404. The van der Waals surface area contributed by atoms with Gasteiger partial charge in [0.15, 0.2) is 0 Å². The maximum Gasteiger partial charge on any atom is 0.0795 e. The van der Waals surface area contributed by atoms with Gasteiger partial charge in [0.2, 0.25) is 0 Å². The molecule has 1 aromatic rings. The molecule has 1 fully saturated rings. The van der Waals surface area contributed by atoms with Crippen molar-refractivity contribution in [2.24, 2.45) is 5.92 Å².